The lowest BCUT2D eigenvalue weighted by Crippen LogP contribution is -1.91. The molecule has 0 N–H and O–H groups in total. The van der Waals surface area contributed by atoms with Crippen molar-refractivity contribution in [1.82, 2.24) is 24.6 Å². The maximum atomic E-state index is 4.19. The Morgan fingerprint density at radius 3 is 2.73 bits per heavy atom. The molecular formula is C10H7N5. The monoisotopic (exact) mass is 197 g/mol. The molecule has 0 unspecified atom stereocenters. The molecule has 0 aliphatic heterocycles. The Morgan fingerprint density at radius 2 is 1.87 bits per heavy atom. The summed E-state index contributed by atoms with van der Waals surface area (Å²) in [7, 11) is 0. The van der Waals surface area contributed by atoms with Crippen molar-refractivity contribution in [3.8, 4) is 11.1 Å². The summed E-state index contributed by atoms with van der Waals surface area (Å²) in [6.07, 6.45) is 8.66. The number of nitrogens with zero attached hydrogens (tertiary/aromatic N) is 5. The average molecular weight is 197 g/mol. The predicted octanol–water partition coefficient (Wildman–Crippen LogP) is 1.19. The third-order valence-corrected chi connectivity index (χ3v) is 2.15. The first kappa shape index (κ1) is 8.05. The highest BCUT2D eigenvalue weighted by Crippen LogP contribution is 2.16. The predicted molar refractivity (Wildman–Crippen MR) is 54.0 cm³/mol. The van der Waals surface area contributed by atoms with E-state index in [1.165, 1.54) is 6.33 Å². The summed E-state index contributed by atoms with van der Waals surface area (Å²) in [5.41, 5.74) is 2.06. The van der Waals surface area contributed by atoms with E-state index in [1.807, 2.05) is 18.3 Å². The van der Waals surface area contributed by atoms with Crippen LogP contribution in [0.25, 0.3) is 16.9 Å². The molecule has 3 heterocycles. The lowest BCUT2D eigenvalue weighted by molar-refractivity contribution is 0.941. The first-order chi connectivity index (χ1) is 7.43. The molecule has 0 fully saturated rings. The first-order valence-corrected chi connectivity index (χ1v) is 4.49. The van der Waals surface area contributed by atoms with E-state index in [0.717, 1.165) is 11.1 Å². The highest BCUT2D eigenvalue weighted by Gasteiger charge is 2.00. The number of rotatable bonds is 1. The zero-order valence-corrected chi connectivity index (χ0v) is 7.78. The molecule has 3 rings (SSSR count). The fourth-order valence-electron chi connectivity index (χ4n) is 1.41. The maximum Gasteiger partial charge on any atom is 0.252 e. The molecule has 0 bridgehead atoms. The minimum Gasteiger partial charge on any atom is -0.265 e. The minimum atomic E-state index is 0.604. The molecule has 0 atom stereocenters. The summed E-state index contributed by atoms with van der Waals surface area (Å²) in [6, 6.07) is 3.86. The van der Waals surface area contributed by atoms with Gasteiger partial charge in [0, 0.05) is 30.4 Å². The van der Waals surface area contributed by atoms with Gasteiger partial charge < -0.3 is 0 Å². The van der Waals surface area contributed by atoms with Crippen LogP contribution in [0, 0.1) is 0 Å². The second-order valence-corrected chi connectivity index (χ2v) is 3.08. The van der Waals surface area contributed by atoms with Crippen LogP contribution in [0.2, 0.25) is 0 Å². The van der Waals surface area contributed by atoms with Crippen LogP contribution in [0.4, 0.5) is 0 Å². The van der Waals surface area contributed by atoms with Crippen molar-refractivity contribution in [2.24, 2.45) is 0 Å². The van der Waals surface area contributed by atoms with E-state index in [1.54, 1.807) is 23.1 Å². The quantitative estimate of drug-likeness (QED) is 0.588. The molecule has 72 valence electrons. The summed E-state index contributed by atoms with van der Waals surface area (Å²) in [5.74, 6) is 0.604. The van der Waals surface area contributed by atoms with E-state index in [4.69, 9.17) is 0 Å². The lowest BCUT2D eigenvalue weighted by atomic mass is 10.1. The summed E-state index contributed by atoms with van der Waals surface area (Å²) >= 11 is 0. The Hall–Kier alpha value is -2.30. The van der Waals surface area contributed by atoms with Gasteiger partial charge in [-0.3, -0.25) is 4.98 Å². The molecule has 0 aliphatic carbocycles. The van der Waals surface area contributed by atoms with Crippen LogP contribution in [-0.4, -0.2) is 24.6 Å². The van der Waals surface area contributed by atoms with E-state index in [2.05, 4.69) is 20.1 Å². The Balaban J connectivity index is 2.19. The zero-order valence-electron chi connectivity index (χ0n) is 7.78. The smallest absolute Gasteiger partial charge is 0.252 e. The Morgan fingerprint density at radius 1 is 1.00 bits per heavy atom. The number of hydrogen-bond acceptors (Lipinski definition) is 4. The standard InChI is InChI=1S/C10H7N5/c1-3-11-4-2-8(1)9-5-12-10-13-7-14-15(10)6-9/h1-7H. The number of hydrogen-bond donors (Lipinski definition) is 0. The van der Waals surface area contributed by atoms with Gasteiger partial charge in [0.2, 0.25) is 0 Å². The van der Waals surface area contributed by atoms with Gasteiger partial charge in [0.15, 0.2) is 0 Å². The molecule has 0 radical (unpaired) electrons. The van der Waals surface area contributed by atoms with E-state index >= 15 is 0 Å². The van der Waals surface area contributed by atoms with Crippen molar-refractivity contribution in [2.45, 2.75) is 0 Å². The summed E-state index contributed by atoms with van der Waals surface area (Å²) in [5, 5.41) is 4.03. The van der Waals surface area contributed by atoms with E-state index in [0.29, 0.717) is 5.78 Å². The Bertz CT molecular complexity index is 587. The van der Waals surface area contributed by atoms with Crippen molar-refractivity contribution in [2.75, 3.05) is 0 Å². The largest absolute Gasteiger partial charge is 0.265 e. The van der Waals surface area contributed by atoms with Gasteiger partial charge in [-0.2, -0.15) is 10.1 Å². The highest BCUT2D eigenvalue weighted by atomic mass is 15.3. The second kappa shape index (κ2) is 3.13. The topological polar surface area (TPSA) is 56.0 Å². The van der Waals surface area contributed by atoms with Gasteiger partial charge in [0.05, 0.1) is 0 Å². The van der Waals surface area contributed by atoms with Crippen LogP contribution < -0.4 is 0 Å². The molecule has 3 aromatic rings. The molecule has 0 aliphatic rings. The first-order valence-electron chi connectivity index (χ1n) is 4.49. The Labute approximate surface area is 85.5 Å². The van der Waals surface area contributed by atoms with Crippen molar-refractivity contribution in [3.05, 3.63) is 43.2 Å². The van der Waals surface area contributed by atoms with Crippen molar-refractivity contribution < 1.29 is 0 Å². The van der Waals surface area contributed by atoms with Gasteiger partial charge >= 0.3 is 0 Å². The minimum absolute atomic E-state index is 0.604. The number of pyridine rings is 1. The van der Waals surface area contributed by atoms with Crippen LogP contribution in [0.15, 0.2) is 43.2 Å². The van der Waals surface area contributed by atoms with E-state index in [9.17, 15) is 0 Å². The third kappa shape index (κ3) is 1.34. The fourth-order valence-corrected chi connectivity index (χ4v) is 1.41. The van der Waals surface area contributed by atoms with Gasteiger partial charge in [0.25, 0.3) is 5.78 Å². The highest BCUT2D eigenvalue weighted by molar-refractivity contribution is 5.61. The second-order valence-electron chi connectivity index (χ2n) is 3.08. The van der Waals surface area contributed by atoms with Gasteiger partial charge in [-0.1, -0.05) is 0 Å². The zero-order chi connectivity index (χ0) is 10.1. The van der Waals surface area contributed by atoms with Gasteiger partial charge in [0.1, 0.15) is 6.33 Å². The van der Waals surface area contributed by atoms with Crippen LogP contribution >= 0.6 is 0 Å². The molecule has 15 heavy (non-hydrogen) atoms. The van der Waals surface area contributed by atoms with Gasteiger partial charge in [-0.15, -0.1) is 0 Å². The molecule has 5 heteroatoms. The molecule has 0 saturated heterocycles. The molecule has 0 aromatic carbocycles. The molecule has 5 nitrogen and oxygen atoms in total. The fraction of sp³-hybridized carbons (Fsp3) is 0. The average Bonchev–Trinajstić information content (AvgIpc) is 2.77. The molecule has 0 saturated carbocycles. The van der Waals surface area contributed by atoms with Crippen molar-refractivity contribution in [3.63, 3.8) is 0 Å². The molecule has 0 amide bonds. The molecule has 3 aromatic heterocycles. The van der Waals surface area contributed by atoms with Crippen molar-refractivity contribution >= 4 is 5.78 Å². The Kier molecular flexibility index (Phi) is 1.68. The van der Waals surface area contributed by atoms with Gasteiger partial charge in [-0.05, 0) is 17.7 Å². The molecule has 0 spiro atoms. The van der Waals surface area contributed by atoms with Gasteiger partial charge in [-0.25, -0.2) is 9.50 Å². The van der Waals surface area contributed by atoms with Crippen LogP contribution in [0.5, 0.6) is 0 Å². The van der Waals surface area contributed by atoms with Crippen LogP contribution in [-0.2, 0) is 0 Å². The maximum absolute atomic E-state index is 4.19. The summed E-state index contributed by atoms with van der Waals surface area (Å²) in [6.45, 7) is 0. The van der Waals surface area contributed by atoms with Crippen LogP contribution in [0.1, 0.15) is 0 Å². The third-order valence-electron chi connectivity index (χ3n) is 2.15. The van der Waals surface area contributed by atoms with Crippen LogP contribution in [0.3, 0.4) is 0 Å². The van der Waals surface area contributed by atoms with E-state index in [-0.39, 0.29) is 0 Å². The SMILES string of the molecule is c1cc(-c2cnc3ncnn3c2)ccn1. The van der Waals surface area contributed by atoms with Crippen molar-refractivity contribution in [1.29, 1.82) is 0 Å². The number of aromatic nitrogens is 5. The normalized spacial score (nSPS) is 10.7. The number of fused-ring (bicyclic) bond motifs is 1. The lowest BCUT2D eigenvalue weighted by Gasteiger charge is -1.99. The molecular weight excluding hydrogens is 190 g/mol. The summed E-state index contributed by atoms with van der Waals surface area (Å²) < 4.78 is 1.65. The summed E-state index contributed by atoms with van der Waals surface area (Å²) in [4.78, 5) is 12.1. The van der Waals surface area contributed by atoms with E-state index < -0.39 is 0 Å².